The first-order valence-electron chi connectivity index (χ1n) is 10.8. The van der Waals surface area contributed by atoms with Gasteiger partial charge in [0.25, 0.3) is 0 Å². The van der Waals surface area contributed by atoms with Crippen molar-refractivity contribution in [1.29, 1.82) is 5.26 Å². The van der Waals surface area contributed by atoms with Crippen molar-refractivity contribution in [2.75, 3.05) is 25.1 Å². The molecule has 0 atom stereocenters. The van der Waals surface area contributed by atoms with Crippen LogP contribution >= 0.6 is 0 Å². The fourth-order valence-corrected chi connectivity index (χ4v) is 2.08. The summed E-state index contributed by atoms with van der Waals surface area (Å²) >= 11 is 0. The van der Waals surface area contributed by atoms with Crippen molar-refractivity contribution >= 4 is 72.0 Å². The van der Waals surface area contributed by atoms with Crippen LogP contribution in [0.1, 0.15) is 30.4 Å². The van der Waals surface area contributed by atoms with Gasteiger partial charge in [0, 0.05) is 39.5 Å². The Balaban J connectivity index is 0. The molecule has 0 amide bonds. The van der Waals surface area contributed by atoms with Crippen molar-refractivity contribution in [2.24, 2.45) is 15.1 Å². The van der Waals surface area contributed by atoms with Crippen molar-refractivity contribution in [2.45, 2.75) is 24.4 Å². The number of pyridine rings is 2. The van der Waals surface area contributed by atoms with Gasteiger partial charge in [-0.15, -0.1) is 0 Å². The smallest absolute Gasteiger partial charge is 0.741 e. The van der Waals surface area contributed by atoms with Gasteiger partial charge < -0.3 is 9.11 Å². The number of nitriles is 1. The van der Waals surface area contributed by atoms with Crippen LogP contribution in [0.4, 0.5) is 32.2 Å². The normalized spacial score (nSPS) is 14.1. The van der Waals surface area contributed by atoms with E-state index in [4.69, 9.17) is 31.2 Å². The fraction of sp³-hybridized carbons (Fsp3) is 0.333. The van der Waals surface area contributed by atoms with Crippen LogP contribution in [0.3, 0.4) is 0 Å². The molecule has 0 unspecified atom stereocenters. The third-order valence-electron chi connectivity index (χ3n) is 3.83. The molecule has 0 N–H and O–H groups in total. The van der Waals surface area contributed by atoms with Crippen molar-refractivity contribution in [3.8, 4) is 6.07 Å². The molecule has 0 aromatic carbocycles. The number of fused-ring (bicyclic) bond motifs is 4. The van der Waals surface area contributed by atoms with Gasteiger partial charge >= 0.3 is 38.3 Å². The van der Waals surface area contributed by atoms with E-state index in [1.807, 2.05) is 43.4 Å². The van der Waals surface area contributed by atoms with Crippen LogP contribution in [0.25, 0.3) is 0 Å². The Morgan fingerprint density at radius 3 is 1.53 bits per heavy atom. The summed E-state index contributed by atoms with van der Waals surface area (Å²) in [5, 5.41) is 13.4. The molecule has 2 aromatic heterocycles. The molecule has 43 heavy (non-hydrogen) atoms. The fourth-order valence-electron chi connectivity index (χ4n) is 2.08. The first-order chi connectivity index (χ1) is 19.2. The summed E-state index contributed by atoms with van der Waals surface area (Å²) in [5.41, 5.74) is -8.86. The van der Waals surface area contributed by atoms with Crippen LogP contribution in [0.2, 0.25) is 0 Å². The minimum Gasteiger partial charge on any atom is -0.741 e. The van der Waals surface area contributed by atoms with E-state index in [0.717, 1.165) is 42.4 Å². The summed E-state index contributed by atoms with van der Waals surface area (Å²) in [7, 11) is -10.3. The van der Waals surface area contributed by atoms with Gasteiger partial charge in [-0.3, -0.25) is 15.0 Å². The molecule has 13 nitrogen and oxygen atoms in total. The van der Waals surface area contributed by atoms with Crippen LogP contribution in [-0.4, -0.2) is 113 Å². The van der Waals surface area contributed by atoms with E-state index < -0.39 is 31.3 Å². The summed E-state index contributed by atoms with van der Waals surface area (Å²) < 4.78 is 118. The van der Waals surface area contributed by atoms with Gasteiger partial charge in [0.05, 0.1) is 29.4 Å². The maximum Gasteiger partial charge on any atom is 2.00 e. The van der Waals surface area contributed by atoms with Gasteiger partial charge in [0.15, 0.2) is 20.2 Å². The van der Waals surface area contributed by atoms with E-state index in [0.29, 0.717) is 0 Å². The number of halogens is 6. The number of aromatic nitrogens is 2. The molecular weight excluding hydrogens is 832 g/mol. The first-order valence-corrected chi connectivity index (χ1v) is 13.6. The summed E-state index contributed by atoms with van der Waals surface area (Å²) in [6.07, 6.45) is 6.20. The maximum absolute atomic E-state index is 10.7. The zero-order valence-corrected chi connectivity index (χ0v) is 27.5. The van der Waals surface area contributed by atoms with Crippen LogP contribution in [0.15, 0.2) is 51.5 Å². The van der Waals surface area contributed by atoms with Crippen molar-refractivity contribution in [3.05, 3.63) is 53.5 Å². The average Bonchev–Trinajstić information content (AvgIpc) is 2.85. The Labute approximate surface area is 262 Å². The average molecular weight is 853 g/mol. The third kappa shape index (κ3) is 18.2. The minimum absolute atomic E-state index is 0. The predicted molar refractivity (Wildman–Crippen MR) is 143 cm³/mol. The number of hydrogen-bond donors (Lipinski definition) is 0. The number of hydrazone groups is 1. The molecule has 2 radical (unpaired) electrons. The SMILES string of the molecule is CC#N.CN1/N=C/c2cccc(n2)C=NCCCN=Cc2cccc1n2.O=S(=O)([O-])C(F)(F)F.O=S(=O)([O-])C(F)(F)F.[Pb+2]. The second-order valence-corrected chi connectivity index (χ2v) is 9.87. The molecule has 0 saturated carbocycles. The molecule has 0 fully saturated rings. The standard InChI is InChI=1S/C17H18N6.C2H3N.2CHF3O3S.Pb/c1-23-17-8-3-7-15(22-17)12-19-10-4-9-18-11-14-5-2-6-16(21-14)13-20-23;1-2-3;2*2-1(3,4)8(5,6)7;/h2-3,5-8,11-13H,4,9-10H2,1H3;1H3;2*(H,5,6,7);/q;;;;+2/p-2/b18-11?,19-12?,20-13+;;;;. The largest absolute Gasteiger partial charge is 2.00 e. The summed E-state index contributed by atoms with van der Waals surface area (Å²) in [5.74, 6) is 0.759. The van der Waals surface area contributed by atoms with E-state index in [-0.39, 0.29) is 27.3 Å². The molecular formula is C21H21F6N7O6PbS2. The number of nitrogens with zero attached hydrogens (tertiary/aromatic N) is 7. The molecule has 0 aliphatic carbocycles. The Hall–Kier alpha value is -3.08. The molecule has 1 aliphatic heterocycles. The summed E-state index contributed by atoms with van der Waals surface area (Å²) in [4.78, 5) is 17.8. The number of anilines is 1. The van der Waals surface area contributed by atoms with E-state index in [9.17, 15) is 26.3 Å². The van der Waals surface area contributed by atoms with Crippen molar-refractivity contribution in [1.82, 2.24) is 9.97 Å². The Kier molecular flexibility index (Phi) is 18.8. The second kappa shape index (κ2) is 19.3. The first kappa shape index (κ1) is 42.1. The number of rotatable bonds is 0. The molecule has 1 aliphatic rings. The molecule has 0 spiro atoms. The predicted octanol–water partition coefficient (Wildman–Crippen LogP) is 2.44. The van der Waals surface area contributed by atoms with Crippen molar-refractivity contribution in [3.63, 3.8) is 0 Å². The number of aliphatic imine (C=N–C) groups is 2. The molecule has 3 rings (SSSR count). The topological polar surface area (TPSA) is 204 Å². The zero-order valence-electron chi connectivity index (χ0n) is 22.0. The Bertz CT molecular complexity index is 1450. The monoisotopic (exact) mass is 853 g/mol. The van der Waals surface area contributed by atoms with Gasteiger partial charge in [-0.2, -0.15) is 36.7 Å². The van der Waals surface area contributed by atoms with E-state index in [1.54, 1.807) is 29.7 Å². The van der Waals surface area contributed by atoms with Gasteiger partial charge in [-0.25, -0.2) is 26.8 Å². The Morgan fingerprint density at radius 1 is 0.791 bits per heavy atom. The Morgan fingerprint density at radius 2 is 1.14 bits per heavy atom. The summed E-state index contributed by atoms with van der Waals surface area (Å²) in [6.45, 7) is 2.89. The number of alkyl halides is 6. The summed E-state index contributed by atoms with van der Waals surface area (Å²) in [6, 6.07) is 13.3. The zero-order chi connectivity index (χ0) is 32.6. The second-order valence-electron chi connectivity index (χ2n) is 7.12. The molecule has 234 valence electrons. The van der Waals surface area contributed by atoms with Gasteiger partial charge in [-0.1, -0.05) is 12.1 Å². The van der Waals surface area contributed by atoms with E-state index >= 15 is 0 Å². The van der Waals surface area contributed by atoms with Gasteiger partial charge in [0.1, 0.15) is 5.82 Å². The molecule has 3 heterocycles. The van der Waals surface area contributed by atoms with Gasteiger partial charge in [0.2, 0.25) is 0 Å². The molecule has 0 saturated heterocycles. The van der Waals surface area contributed by atoms with Crippen molar-refractivity contribution < 1.29 is 52.3 Å². The van der Waals surface area contributed by atoms with Gasteiger partial charge in [-0.05, 0) is 30.7 Å². The van der Waals surface area contributed by atoms with Crippen LogP contribution in [0, 0.1) is 11.3 Å². The van der Waals surface area contributed by atoms with Crippen LogP contribution < -0.4 is 5.01 Å². The molecule has 4 bridgehead atoms. The van der Waals surface area contributed by atoms with E-state index in [1.165, 1.54) is 6.92 Å². The van der Waals surface area contributed by atoms with Crippen LogP contribution in [-0.2, 0) is 20.2 Å². The minimum atomic E-state index is -6.09. The third-order valence-corrected chi connectivity index (χ3v) is 4.97. The number of hydrogen-bond acceptors (Lipinski definition) is 13. The maximum atomic E-state index is 10.7. The van der Waals surface area contributed by atoms with E-state index in [2.05, 4.69) is 25.1 Å². The quantitative estimate of drug-likeness (QED) is 0.164. The molecule has 2 aromatic rings. The molecule has 22 heteroatoms. The van der Waals surface area contributed by atoms with Crippen LogP contribution in [0.5, 0.6) is 0 Å².